The smallest absolute Gasteiger partial charge is 0.232 e. The molecule has 0 heterocycles. The van der Waals surface area contributed by atoms with E-state index in [2.05, 4.69) is 10.2 Å². The number of amides is 1. The highest BCUT2D eigenvalue weighted by Gasteiger charge is 2.34. The van der Waals surface area contributed by atoms with Gasteiger partial charge in [-0.05, 0) is 40.4 Å². The molecular formula is C11H23N3OS. The lowest BCUT2D eigenvalue weighted by Gasteiger charge is -2.25. The number of nitrogens with one attached hydrogen (secondary N) is 1. The first kappa shape index (κ1) is 15.3. The van der Waals surface area contributed by atoms with Crippen molar-refractivity contribution in [2.45, 2.75) is 26.7 Å². The molecule has 0 aromatic heterocycles. The van der Waals surface area contributed by atoms with Gasteiger partial charge in [-0.1, -0.05) is 19.1 Å². The van der Waals surface area contributed by atoms with Gasteiger partial charge in [0.15, 0.2) is 0 Å². The number of nitrogens with two attached hydrogens (primary N) is 1. The Balaban J connectivity index is 4.09. The molecule has 0 spiro atoms. The zero-order valence-electron chi connectivity index (χ0n) is 10.7. The van der Waals surface area contributed by atoms with Crippen molar-refractivity contribution in [3.05, 3.63) is 0 Å². The van der Waals surface area contributed by atoms with E-state index in [-0.39, 0.29) is 10.9 Å². The lowest BCUT2D eigenvalue weighted by molar-refractivity contribution is -0.126. The zero-order chi connectivity index (χ0) is 12.8. The average molecular weight is 245 g/mol. The molecule has 5 heteroatoms. The van der Waals surface area contributed by atoms with Gasteiger partial charge in [0, 0.05) is 6.54 Å². The van der Waals surface area contributed by atoms with Crippen molar-refractivity contribution in [2.75, 3.05) is 27.2 Å². The predicted molar refractivity (Wildman–Crippen MR) is 71.4 cm³/mol. The van der Waals surface area contributed by atoms with Gasteiger partial charge in [0.2, 0.25) is 5.91 Å². The van der Waals surface area contributed by atoms with E-state index in [1.54, 1.807) is 6.92 Å². The van der Waals surface area contributed by atoms with Crippen LogP contribution in [0.15, 0.2) is 0 Å². The molecule has 0 saturated heterocycles. The van der Waals surface area contributed by atoms with Crippen molar-refractivity contribution in [2.24, 2.45) is 11.1 Å². The highest BCUT2D eigenvalue weighted by molar-refractivity contribution is 7.80. The summed E-state index contributed by atoms with van der Waals surface area (Å²) in [4.78, 5) is 14.2. The third kappa shape index (κ3) is 4.45. The maximum absolute atomic E-state index is 11.9. The Morgan fingerprint density at radius 1 is 1.50 bits per heavy atom. The Kier molecular flexibility index (Phi) is 6.52. The second-order valence-corrected chi connectivity index (χ2v) is 4.90. The molecular weight excluding hydrogens is 222 g/mol. The number of thiocarbonyl (C=S) groups is 1. The van der Waals surface area contributed by atoms with Crippen LogP contribution in [0.3, 0.4) is 0 Å². The number of nitrogens with zero attached hydrogens (tertiary/aromatic N) is 1. The van der Waals surface area contributed by atoms with Gasteiger partial charge in [0.25, 0.3) is 0 Å². The third-order valence-electron chi connectivity index (χ3n) is 2.82. The molecule has 0 radical (unpaired) electrons. The molecule has 3 N–H and O–H groups in total. The Hall–Kier alpha value is -0.680. The van der Waals surface area contributed by atoms with Crippen LogP contribution in [0.1, 0.15) is 26.7 Å². The van der Waals surface area contributed by atoms with E-state index >= 15 is 0 Å². The second kappa shape index (κ2) is 6.81. The Bertz CT molecular complexity index is 256. The van der Waals surface area contributed by atoms with Gasteiger partial charge < -0.3 is 16.0 Å². The summed E-state index contributed by atoms with van der Waals surface area (Å²) >= 11 is 4.93. The van der Waals surface area contributed by atoms with Crippen LogP contribution in [0, 0.1) is 5.41 Å². The first-order valence-corrected chi connectivity index (χ1v) is 5.98. The lowest BCUT2D eigenvalue weighted by Crippen LogP contribution is -2.47. The topological polar surface area (TPSA) is 58.4 Å². The fourth-order valence-corrected chi connectivity index (χ4v) is 1.48. The maximum atomic E-state index is 11.9. The van der Waals surface area contributed by atoms with Crippen LogP contribution in [0.4, 0.5) is 0 Å². The first-order valence-electron chi connectivity index (χ1n) is 5.57. The summed E-state index contributed by atoms with van der Waals surface area (Å²) in [5, 5.41) is 2.88. The lowest BCUT2D eigenvalue weighted by atomic mass is 9.86. The summed E-state index contributed by atoms with van der Waals surface area (Å²) < 4.78 is 0. The average Bonchev–Trinajstić information content (AvgIpc) is 2.22. The molecule has 0 aliphatic rings. The summed E-state index contributed by atoms with van der Waals surface area (Å²) in [5.41, 5.74) is 4.88. The van der Waals surface area contributed by atoms with E-state index in [0.29, 0.717) is 13.0 Å². The van der Waals surface area contributed by atoms with Crippen molar-refractivity contribution < 1.29 is 4.79 Å². The number of carbonyl (C=O) groups is 1. The normalized spacial score (nSPS) is 14.6. The monoisotopic (exact) mass is 245 g/mol. The van der Waals surface area contributed by atoms with Gasteiger partial charge in [-0.2, -0.15) is 0 Å². The molecule has 0 aromatic rings. The van der Waals surface area contributed by atoms with Crippen molar-refractivity contribution in [1.29, 1.82) is 0 Å². The predicted octanol–water partition coefficient (Wildman–Crippen LogP) is 0.757. The summed E-state index contributed by atoms with van der Waals surface area (Å²) in [6.45, 7) is 5.32. The van der Waals surface area contributed by atoms with Crippen LogP contribution < -0.4 is 11.1 Å². The van der Waals surface area contributed by atoms with E-state index in [0.717, 1.165) is 13.0 Å². The van der Waals surface area contributed by atoms with Crippen LogP contribution in [0.25, 0.3) is 0 Å². The highest BCUT2D eigenvalue weighted by Crippen LogP contribution is 2.21. The van der Waals surface area contributed by atoms with E-state index in [9.17, 15) is 4.79 Å². The zero-order valence-corrected chi connectivity index (χ0v) is 11.5. The van der Waals surface area contributed by atoms with Crippen molar-refractivity contribution in [3.63, 3.8) is 0 Å². The Morgan fingerprint density at radius 2 is 2.06 bits per heavy atom. The maximum Gasteiger partial charge on any atom is 0.232 e. The SMILES string of the molecule is CCC(C)(C(=O)NCCCN(C)C)C(N)=S. The molecule has 0 aromatic carbocycles. The molecule has 4 nitrogen and oxygen atoms in total. The summed E-state index contributed by atoms with van der Waals surface area (Å²) in [6, 6.07) is 0. The summed E-state index contributed by atoms with van der Waals surface area (Å²) in [6.07, 6.45) is 1.55. The minimum atomic E-state index is -0.715. The van der Waals surface area contributed by atoms with E-state index in [4.69, 9.17) is 18.0 Å². The largest absolute Gasteiger partial charge is 0.392 e. The van der Waals surface area contributed by atoms with Gasteiger partial charge in [-0.25, -0.2) is 0 Å². The molecule has 94 valence electrons. The van der Waals surface area contributed by atoms with Crippen LogP contribution >= 0.6 is 12.2 Å². The van der Waals surface area contributed by atoms with E-state index < -0.39 is 5.41 Å². The molecule has 16 heavy (non-hydrogen) atoms. The van der Waals surface area contributed by atoms with Gasteiger partial charge in [-0.3, -0.25) is 4.79 Å². The highest BCUT2D eigenvalue weighted by atomic mass is 32.1. The number of hydrogen-bond donors (Lipinski definition) is 2. The molecule has 1 unspecified atom stereocenters. The van der Waals surface area contributed by atoms with Crippen molar-refractivity contribution in [1.82, 2.24) is 10.2 Å². The summed E-state index contributed by atoms with van der Waals surface area (Å²) in [7, 11) is 4.01. The van der Waals surface area contributed by atoms with E-state index in [1.165, 1.54) is 0 Å². The number of rotatable bonds is 7. The summed E-state index contributed by atoms with van der Waals surface area (Å²) in [5.74, 6) is -0.0683. The quantitative estimate of drug-likeness (QED) is 0.513. The fourth-order valence-electron chi connectivity index (χ4n) is 1.24. The van der Waals surface area contributed by atoms with E-state index in [1.807, 2.05) is 21.0 Å². The molecule has 1 atom stereocenters. The van der Waals surface area contributed by atoms with Gasteiger partial charge in [0.1, 0.15) is 0 Å². The molecule has 1 amide bonds. The van der Waals surface area contributed by atoms with Crippen LogP contribution in [0.5, 0.6) is 0 Å². The third-order valence-corrected chi connectivity index (χ3v) is 3.27. The number of hydrogen-bond acceptors (Lipinski definition) is 3. The van der Waals surface area contributed by atoms with Gasteiger partial charge in [0.05, 0.1) is 10.4 Å². The van der Waals surface area contributed by atoms with Crippen LogP contribution in [-0.4, -0.2) is 43.0 Å². The second-order valence-electron chi connectivity index (χ2n) is 4.46. The Labute approximate surface area is 104 Å². The molecule has 0 bridgehead atoms. The fraction of sp³-hybridized carbons (Fsp3) is 0.818. The molecule has 0 fully saturated rings. The van der Waals surface area contributed by atoms with Gasteiger partial charge >= 0.3 is 0 Å². The van der Waals surface area contributed by atoms with Crippen LogP contribution in [-0.2, 0) is 4.79 Å². The number of carbonyl (C=O) groups excluding carboxylic acids is 1. The van der Waals surface area contributed by atoms with Crippen molar-refractivity contribution >= 4 is 23.1 Å². The molecule has 0 saturated carbocycles. The standard InChI is InChI=1S/C11H23N3OS/c1-5-11(2,9(12)16)10(15)13-7-6-8-14(3)4/h5-8H2,1-4H3,(H2,12,16)(H,13,15). The first-order chi connectivity index (χ1) is 7.34. The van der Waals surface area contributed by atoms with Crippen molar-refractivity contribution in [3.8, 4) is 0 Å². The van der Waals surface area contributed by atoms with Gasteiger partial charge in [-0.15, -0.1) is 0 Å². The Morgan fingerprint density at radius 3 is 2.44 bits per heavy atom. The minimum Gasteiger partial charge on any atom is -0.392 e. The molecule has 0 aliphatic heterocycles. The minimum absolute atomic E-state index is 0.0683. The molecule has 0 aliphatic carbocycles. The molecule has 0 rings (SSSR count). The van der Waals surface area contributed by atoms with Crippen LogP contribution in [0.2, 0.25) is 0 Å².